The molecule has 1 heterocycles. The van der Waals surface area contributed by atoms with E-state index in [0.29, 0.717) is 10.9 Å². The lowest BCUT2D eigenvalue weighted by molar-refractivity contribution is -0.109. The van der Waals surface area contributed by atoms with Gasteiger partial charge in [0, 0.05) is 17.8 Å². The second-order valence-corrected chi connectivity index (χ2v) is 8.31. The smallest absolute Gasteiger partial charge is 0.147 e. The van der Waals surface area contributed by atoms with Gasteiger partial charge in [-0.2, -0.15) is 0 Å². The Labute approximate surface area is 134 Å². The van der Waals surface area contributed by atoms with Crippen LogP contribution < -0.4 is 4.72 Å². The third-order valence-corrected chi connectivity index (χ3v) is 4.90. The fourth-order valence-corrected chi connectivity index (χ4v) is 2.76. The summed E-state index contributed by atoms with van der Waals surface area (Å²) < 4.78 is 42.1. The highest BCUT2D eigenvalue weighted by atomic mass is 79.9. The first-order valence-corrected chi connectivity index (χ1v) is 8.12. The van der Waals surface area contributed by atoms with Crippen molar-refractivity contribution in [1.29, 1.82) is 0 Å². The second-order valence-electron chi connectivity index (χ2n) is 5.53. The Morgan fingerprint density at radius 3 is 2.57 bits per heavy atom. The summed E-state index contributed by atoms with van der Waals surface area (Å²) in [5.41, 5.74) is -2.03. The van der Waals surface area contributed by atoms with Gasteiger partial charge in [0.1, 0.15) is 39.4 Å². The van der Waals surface area contributed by atoms with Crippen LogP contribution >= 0.6 is 15.9 Å². The summed E-state index contributed by atoms with van der Waals surface area (Å²) in [6, 6.07) is 2.48. The number of aldehydes is 1. The molecule has 0 saturated heterocycles. The summed E-state index contributed by atoms with van der Waals surface area (Å²) in [7, 11) is 0. The van der Waals surface area contributed by atoms with Gasteiger partial charge in [-0.1, -0.05) is 0 Å². The van der Waals surface area contributed by atoms with E-state index in [1.165, 1.54) is 6.07 Å². The molecule has 8 heteroatoms. The van der Waals surface area contributed by atoms with Crippen LogP contribution in [0.1, 0.15) is 32.9 Å². The first kappa shape index (κ1) is 18.5. The van der Waals surface area contributed by atoms with E-state index in [9.17, 15) is 18.1 Å². The average molecular weight is 383 g/mol. The summed E-state index contributed by atoms with van der Waals surface area (Å²) in [6.45, 7) is 3.94. The zero-order valence-electron chi connectivity index (χ0n) is 12.0. The van der Waals surface area contributed by atoms with Crippen LogP contribution in [0.25, 0.3) is 0 Å². The van der Waals surface area contributed by atoms with Gasteiger partial charge in [0.05, 0.1) is 0 Å². The largest absolute Gasteiger partial charge is 0.598 e. The van der Waals surface area contributed by atoms with Gasteiger partial charge in [0.15, 0.2) is 0 Å². The molecule has 0 spiro atoms. The summed E-state index contributed by atoms with van der Waals surface area (Å²) in [4.78, 5) is 14.8. The lowest BCUT2D eigenvalue weighted by Crippen LogP contribution is -2.53. The maximum Gasteiger partial charge on any atom is 0.147 e. The number of halogens is 3. The van der Waals surface area contributed by atoms with Crippen molar-refractivity contribution in [2.75, 3.05) is 6.67 Å². The van der Waals surface area contributed by atoms with E-state index in [-0.39, 0.29) is 12.1 Å². The molecule has 4 nitrogen and oxygen atoms in total. The van der Waals surface area contributed by atoms with Crippen molar-refractivity contribution < 1.29 is 18.1 Å². The van der Waals surface area contributed by atoms with E-state index >= 15 is 0 Å². The third kappa shape index (κ3) is 4.45. The van der Waals surface area contributed by atoms with Crippen LogP contribution in [0.5, 0.6) is 0 Å². The number of carbonyl (C=O) groups is 1. The highest BCUT2D eigenvalue weighted by Gasteiger charge is 2.43. The molecule has 0 amide bonds. The SMILES string of the molecule is CC(C)(C)[S+]([O-])N[C@@](CF)(CC=O)c1nc(Br)ccc1F. The molecule has 0 saturated carbocycles. The van der Waals surface area contributed by atoms with E-state index in [1.54, 1.807) is 20.8 Å². The number of hydrogen-bond acceptors (Lipinski definition) is 4. The van der Waals surface area contributed by atoms with E-state index in [4.69, 9.17) is 0 Å². The normalized spacial score (nSPS) is 16.3. The van der Waals surface area contributed by atoms with Crippen molar-refractivity contribution in [2.24, 2.45) is 0 Å². The fraction of sp³-hybridized carbons (Fsp3) is 0.538. The minimum atomic E-state index is -1.76. The van der Waals surface area contributed by atoms with Crippen molar-refractivity contribution in [3.63, 3.8) is 0 Å². The summed E-state index contributed by atoms with van der Waals surface area (Å²) >= 11 is 1.39. The van der Waals surface area contributed by atoms with E-state index in [1.807, 2.05) is 0 Å². The number of carbonyl (C=O) groups excluding carboxylic acids is 1. The predicted octanol–water partition coefficient (Wildman–Crippen LogP) is 2.79. The fourth-order valence-electron chi connectivity index (χ4n) is 1.56. The molecule has 1 aromatic heterocycles. The lowest BCUT2D eigenvalue weighted by atomic mass is 9.93. The first-order chi connectivity index (χ1) is 9.66. The molecule has 2 atom stereocenters. The van der Waals surface area contributed by atoms with Crippen molar-refractivity contribution in [2.45, 2.75) is 37.5 Å². The highest BCUT2D eigenvalue weighted by Crippen LogP contribution is 2.30. The molecular weight excluding hydrogens is 366 g/mol. The van der Waals surface area contributed by atoms with Gasteiger partial charge in [-0.3, -0.25) is 0 Å². The zero-order chi connectivity index (χ0) is 16.3. The summed E-state index contributed by atoms with van der Waals surface area (Å²) in [5, 5.41) is 0. The summed E-state index contributed by atoms with van der Waals surface area (Å²) in [6.07, 6.45) is 0.0696. The third-order valence-electron chi connectivity index (χ3n) is 2.77. The Morgan fingerprint density at radius 2 is 2.10 bits per heavy atom. The van der Waals surface area contributed by atoms with Crippen molar-refractivity contribution >= 4 is 33.6 Å². The van der Waals surface area contributed by atoms with Gasteiger partial charge in [0.25, 0.3) is 0 Å². The molecule has 0 fully saturated rings. The van der Waals surface area contributed by atoms with Gasteiger partial charge in [0.2, 0.25) is 0 Å². The molecule has 1 aromatic rings. The lowest BCUT2D eigenvalue weighted by Gasteiger charge is -2.34. The highest BCUT2D eigenvalue weighted by molar-refractivity contribution is 9.10. The number of hydrogen-bond donors (Lipinski definition) is 1. The van der Waals surface area contributed by atoms with E-state index in [0.717, 1.165) is 6.07 Å². The number of pyridine rings is 1. The van der Waals surface area contributed by atoms with Crippen LogP contribution in [-0.4, -0.2) is 27.2 Å². The van der Waals surface area contributed by atoms with Gasteiger partial charge < -0.3 is 9.35 Å². The number of aromatic nitrogens is 1. The Bertz CT molecular complexity index is 513. The molecule has 0 bridgehead atoms. The Hall–Kier alpha value is -0.570. The zero-order valence-corrected chi connectivity index (χ0v) is 14.4. The quantitative estimate of drug-likeness (QED) is 0.466. The second kappa shape index (κ2) is 7.13. The van der Waals surface area contributed by atoms with Crippen LogP contribution in [0.2, 0.25) is 0 Å². The monoisotopic (exact) mass is 382 g/mol. The topological polar surface area (TPSA) is 65.0 Å². The van der Waals surface area contributed by atoms with Crippen LogP contribution in [0, 0.1) is 5.82 Å². The number of rotatable bonds is 6. The number of alkyl halides is 1. The minimum absolute atomic E-state index is 0.274. The summed E-state index contributed by atoms with van der Waals surface area (Å²) in [5.74, 6) is -0.767. The maximum absolute atomic E-state index is 14.0. The van der Waals surface area contributed by atoms with Crippen molar-refractivity contribution in [3.05, 3.63) is 28.2 Å². The van der Waals surface area contributed by atoms with Crippen LogP contribution in [0.15, 0.2) is 16.7 Å². The molecule has 1 unspecified atom stereocenters. The van der Waals surface area contributed by atoms with E-state index < -0.39 is 34.1 Å². The predicted molar refractivity (Wildman–Crippen MR) is 81.3 cm³/mol. The number of nitrogens with zero attached hydrogens (tertiary/aromatic N) is 1. The molecule has 0 radical (unpaired) electrons. The first-order valence-electron chi connectivity index (χ1n) is 6.18. The molecular formula is C13H17BrF2N2O2S. The number of nitrogens with one attached hydrogen (secondary N) is 1. The molecule has 0 aliphatic heterocycles. The van der Waals surface area contributed by atoms with Crippen molar-refractivity contribution in [3.8, 4) is 0 Å². The molecule has 1 rings (SSSR count). The van der Waals surface area contributed by atoms with Crippen LogP contribution in [0.4, 0.5) is 8.78 Å². The Balaban J connectivity index is 3.32. The van der Waals surface area contributed by atoms with Gasteiger partial charge in [-0.05, 0) is 48.8 Å². The van der Waals surface area contributed by atoms with Crippen molar-refractivity contribution in [1.82, 2.24) is 9.71 Å². The molecule has 118 valence electrons. The van der Waals surface area contributed by atoms with Gasteiger partial charge in [-0.15, -0.1) is 4.72 Å². The van der Waals surface area contributed by atoms with Gasteiger partial charge in [-0.25, -0.2) is 13.8 Å². The van der Waals surface area contributed by atoms with Crippen LogP contribution in [-0.2, 0) is 21.7 Å². The van der Waals surface area contributed by atoms with Crippen LogP contribution in [0.3, 0.4) is 0 Å². The standard InChI is InChI=1S/C13H17BrF2N2O2S/c1-12(2,3)21(20)18-13(8-15,6-7-19)11-9(16)4-5-10(14)17-11/h4-5,7,18H,6,8H2,1-3H3/t13-,21?/m1/s1. The Morgan fingerprint density at radius 1 is 1.48 bits per heavy atom. The molecule has 21 heavy (non-hydrogen) atoms. The van der Waals surface area contributed by atoms with Gasteiger partial charge >= 0.3 is 0 Å². The van der Waals surface area contributed by atoms with E-state index in [2.05, 4.69) is 25.6 Å². The molecule has 0 aliphatic carbocycles. The minimum Gasteiger partial charge on any atom is -0.598 e. The molecule has 0 aliphatic rings. The molecule has 0 aromatic carbocycles. The Kier molecular flexibility index (Phi) is 6.27. The molecule has 1 N–H and O–H groups in total. The maximum atomic E-state index is 14.0. The average Bonchev–Trinajstić information content (AvgIpc) is 2.39.